The van der Waals surface area contributed by atoms with Crippen molar-refractivity contribution in [1.82, 2.24) is 10.2 Å². The number of aryl methyl sites for hydroxylation is 4. The van der Waals surface area contributed by atoms with Crippen LogP contribution in [0.15, 0.2) is 71.6 Å². The monoisotopic (exact) mass is 589 g/mol. The van der Waals surface area contributed by atoms with E-state index in [2.05, 4.69) is 5.32 Å². The SMILES string of the molecule is Cc1ccc(S(=O)(=O)N(CC(=O)N(Cc2ccccc2C)C(C)C(=O)NC2CCCCC2)c2ccc(C)cc2C)cc1. The molecule has 0 aromatic heterocycles. The van der Waals surface area contributed by atoms with E-state index in [-0.39, 0.29) is 23.4 Å². The van der Waals surface area contributed by atoms with Crippen LogP contribution in [-0.4, -0.2) is 43.8 Å². The lowest BCUT2D eigenvalue weighted by molar-refractivity contribution is -0.139. The van der Waals surface area contributed by atoms with Crippen LogP contribution >= 0.6 is 0 Å². The molecule has 0 bridgehead atoms. The minimum absolute atomic E-state index is 0.0951. The third kappa shape index (κ3) is 7.40. The molecule has 0 aliphatic heterocycles. The minimum atomic E-state index is -4.10. The Labute approximate surface area is 251 Å². The molecule has 0 saturated heterocycles. The molecule has 1 N–H and O–H groups in total. The third-order valence-electron chi connectivity index (χ3n) is 8.23. The number of carbonyl (C=O) groups is 2. The van der Waals surface area contributed by atoms with Crippen molar-refractivity contribution in [1.29, 1.82) is 0 Å². The van der Waals surface area contributed by atoms with Gasteiger partial charge in [-0.1, -0.05) is 78.9 Å². The molecule has 0 heterocycles. The van der Waals surface area contributed by atoms with Gasteiger partial charge in [0.1, 0.15) is 12.6 Å². The molecule has 3 aromatic carbocycles. The highest BCUT2D eigenvalue weighted by Crippen LogP contribution is 2.29. The van der Waals surface area contributed by atoms with Gasteiger partial charge < -0.3 is 10.2 Å². The predicted octanol–water partition coefficient (Wildman–Crippen LogP) is 5.98. The van der Waals surface area contributed by atoms with Crippen LogP contribution in [0.2, 0.25) is 0 Å². The zero-order chi connectivity index (χ0) is 30.4. The predicted molar refractivity (Wildman–Crippen MR) is 168 cm³/mol. The number of nitrogens with one attached hydrogen (secondary N) is 1. The van der Waals surface area contributed by atoms with Crippen LogP contribution in [0.25, 0.3) is 0 Å². The number of hydrogen-bond donors (Lipinski definition) is 1. The van der Waals surface area contributed by atoms with Gasteiger partial charge in [-0.2, -0.15) is 0 Å². The summed E-state index contributed by atoms with van der Waals surface area (Å²) >= 11 is 0. The number of nitrogens with zero attached hydrogens (tertiary/aromatic N) is 2. The molecule has 1 fully saturated rings. The van der Waals surface area contributed by atoms with E-state index in [9.17, 15) is 18.0 Å². The van der Waals surface area contributed by atoms with Crippen molar-refractivity contribution in [3.8, 4) is 0 Å². The van der Waals surface area contributed by atoms with Gasteiger partial charge in [0, 0.05) is 12.6 Å². The van der Waals surface area contributed by atoms with Gasteiger partial charge in [0.15, 0.2) is 0 Å². The summed E-state index contributed by atoms with van der Waals surface area (Å²) in [5, 5.41) is 3.15. The third-order valence-corrected chi connectivity index (χ3v) is 10.0. The van der Waals surface area contributed by atoms with Crippen molar-refractivity contribution in [2.75, 3.05) is 10.8 Å². The lowest BCUT2D eigenvalue weighted by atomic mass is 9.95. The fraction of sp³-hybridized carbons (Fsp3) is 0.412. The minimum Gasteiger partial charge on any atom is -0.352 e. The lowest BCUT2D eigenvalue weighted by Crippen LogP contribution is -2.53. The number of hydrogen-bond acceptors (Lipinski definition) is 4. The molecule has 4 rings (SSSR count). The Morgan fingerprint density at radius 3 is 2.14 bits per heavy atom. The summed E-state index contributed by atoms with van der Waals surface area (Å²) in [6, 6.07) is 19.2. The molecule has 7 nitrogen and oxygen atoms in total. The van der Waals surface area contributed by atoms with Crippen LogP contribution < -0.4 is 9.62 Å². The van der Waals surface area contributed by atoms with Crippen molar-refractivity contribution in [3.05, 3.63) is 94.5 Å². The molecule has 42 heavy (non-hydrogen) atoms. The average Bonchev–Trinajstić information content (AvgIpc) is 2.96. The first-order valence-electron chi connectivity index (χ1n) is 14.8. The largest absolute Gasteiger partial charge is 0.352 e. The molecule has 1 aliphatic carbocycles. The number of benzene rings is 3. The van der Waals surface area contributed by atoms with E-state index in [0.717, 1.165) is 53.5 Å². The van der Waals surface area contributed by atoms with Gasteiger partial charge in [0.2, 0.25) is 11.8 Å². The first-order chi connectivity index (χ1) is 20.0. The van der Waals surface area contributed by atoms with Crippen LogP contribution in [0.4, 0.5) is 5.69 Å². The Balaban J connectivity index is 1.71. The Hall–Kier alpha value is -3.65. The number of sulfonamides is 1. The zero-order valence-electron chi connectivity index (χ0n) is 25.4. The van der Waals surface area contributed by atoms with E-state index in [1.807, 2.05) is 64.1 Å². The van der Waals surface area contributed by atoms with Crippen molar-refractivity contribution in [2.24, 2.45) is 0 Å². The zero-order valence-corrected chi connectivity index (χ0v) is 26.2. The summed E-state index contributed by atoms with van der Waals surface area (Å²) in [4.78, 5) is 29.3. The molecule has 1 unspecified atom stereocenters. The Bertz CT molecular complexity index is 1510. The van der Waals surface area contributed by atoms with Crippen molar-refractivity contribution in [3.63, 3.8) is 0 Å². The second-order valence-corrected chi connectivity index (χ2v) is 13.4. The van der Waals surface area contributed by atoms with Crippen molar-refractivity contribution < 1.29 is 18.0 Å². The molecule has 0 spiro atoms. The first-order valence-corrected chi connectivity index (χ1v) is 16.2. The average molecular weight is 590 g/mol. The lowest BCUT2D eigenvalue weighted by Gasteiger charge is -2.34. The summed E-state index contributed by atoms with van der Waals surface area (Å²) in [6.45, 7) is 9.13. The maximum absolute atomic E-state index is 14.2. The molecule has 0 radical (unpaired) electrons. The molecule has 8 heteroatoms. The summed E-state index contributed by atoms with van der Waals surface area (Å²) in [6.07, 6.45) is 5.18. The van der Waals surface area contributed by atoms with Crippen molar-refractivity contribution in [2.45, 2.75) is 90.2 Å². The van der Waals surface area contributed by atoms with E-state index in [1.54, 1.807) is 37.3 Å². The number of anilines is 1. The molecule has 224 valence electrons. The molecular weight excluding hydrogens is 546 g/mol. The van der Waals surface area contributed by atoms with E-state index < -0.39 is 28.5 Å². The van der Waals surface area contributed by atoms with E-state index in [4.69, 9.17) is 0 Å². The number of amides is 2. The normalized spacial score (nSPS) is 14.7. The molecule has 3 aromatic rings. The highest BCUT2D eigenvalue weighted by Gasteiger charge is 2.34. The maximum atomic E-state index is 14.2. The van der Waals surface area contributed by atoms with Gasteiger partial charge in [-0.15, -0.1) is 0 Å². The van der Waals surface area contributed by atoms with Gasteiger partial charge in [-0.3, -0.25) is 13.9 Å². The summed E-state index contributed by atoms with van der Waals surface area (Å²) in [5.74, 6) is -0.663. The molecule has 1 saturated carbocycles. The second-order valence-electron chi connectivity index (χ2n) is 11.6. The van der Waals surface area contributed by atoms with Crippen LogP contribution in [0, 0.1) is 27.7 Å². The van der Waals surface area contributed by atoms with E-state index >= 15 is 0 Å². The highest BCUT2D eigenvalue weighted by molar-refractivity contribution is 7.92. The van der Waals surface area contributed by atoms with Crippen LogP contribution in [0.3, 0.4) is 0 Å². The number of rotatable bonds is 10. The smallest absolute Gasteiger partial charge is 0.264 e. The van der Waals surface area contributed by atoms with E-state index in [0.29, 0.717) is 5.69 Å². The van der Waals surface area contributed by atoms with Crippen LogP contribution in [-0.2, 0) is 26.2 Å². The van der Waals surface area contributed by atoms with Gasteiger partial charge in [-0.25, -0.2) is 8.42 Å². The Morgan fingerprint density at radius 2 is 1.50 bits per heavy atom. The Kier molecular flexibility index (Phi) is 10.1. The summed E-state index contributed by atoms with van der Waals surface area (Å²) in [7, 11) is -4.10. The maximum Gasteiger partial charge on any atom is 0.264 e. The van der Waals surface area contributed by atoms with Crippen LogP contribution in [0.1, 0.15) is 66.8 Å². The molecule has 1 aliphatic rings. The van der Waals surface area contributed by atoms with Gasteiger partial charge in [0.25, 0.3) is 10.0 Å². The second kappa shape index (κ2) is 13.6. The standard InChI is InChI=1S/C34H43N3O4S/c1-24-15-18-31(19-16-24)42(40,41)37(32-20-17-25(2)21-27(32)4)23-33(38)36(22-29-12-10-9-11-26(29)3)28(5)34(39)35-30-13-7-6-8-14-30/h9-12,15-21,28,30H,6-8,13-14,22-23H2,1-5H3,(H,35,39). The van der Waals surface area contributed by atoms with Gasteiger partial charge in [-0.05, 0) is 82.3 Å². The molecule has 2 amide bonds. The summed E-state index contributed by atoms with van der Waals surface area (Å²) in [5.41, 5.74) is 5.00. The first kappa shape index (κ1) is 31.3. The molecular formula is C34H43N3O4S. The highest BCUT2D eigenvalue weighted by atomic mass is 32.2. The van der Waals surface area contributed by atoms with Gasteiger partial charge in [0.05, 0.1) is 10.6 Å². The fourth-order valence-electron chi connectivity index (χ4n) is 5.56. The quantitative estimate of drug-likeness (QED) is 0.315. The molecule has 1 atom stereocenters. The fourth-order valence-corrected chi connectivity index (χ4v) is 7.04. The topological polar surface area (TPSA) is 86.8 Å². The van der Waals surface area contributed by atoms with Gasteiger partial charge >= 0.3 is 0 Å². The van der Waals surface area contributed by atoms with Crippen LogP contribution in [0.5, 0.6) is 0 Å². The van der Waals surface area contributed by atoms with E-state index in [1.165, 1.54) is 15.6 Å². The summed E-state index contributed by atoms with van der Waals surface area (Å²) < 4.78 is 29.4. The number of carbonyl (C=O) groups excluding carboxylic acids is 2. The van der Waals surface area contributed by atoms with Crippen molar-refractivity contribution >= 4 is 27.5 Å². The Morgan fingerprint density at radius 1 is 0.857 bits per heavy atom.